The van der Waals surface area contributed by atoms with E-state index in [0.717, 1.165) is 18.6 Å². The van der Waals surface area contributed by atoms with Crippen molar-refractivity contribution in [3.05, 3.63) is 42.0 Å². The molecule has 1 N–H and O–H groups in total. The Morgan fingerprint density at radius 2 is 1.75 bits per heavy atom. The lowest BCUT2D eigenvalue weighted by Gasteiger charge is -2.04. The highest BCUT2D eigenvalue weighted by Crippen LogP contribution is 2.14. The summed E-state index contributed by atoms with van der Waals surface area (Å²) in [4.78, 5) is 22.1. The Morgan fingerprint density at radius 1 is 1.15 bits per heavy atom. The van der Waals surface area contributed by atoms with Gasteiger partial charge in [-0.25, -0.2) is 13.2 Å². The summed E-state index contributed by atoms with van der Waals surface area (Å²) in [6.45, 7) is 1.91. The first-order chi connectivity index (χ1) is 9.36. The number of unbranched alkanes of at least 4 members (excludes halogenated alkanes) is 1. The molecule has 5 nitrogen and oxygen atoms in total. The minimum Gasteiger partial charge on any atom is -0.478 e. The van der Waals surface area contributed by atoms with Crippen LogP contribution in [0.1, 0.15) is 30.1 Å². The predicted molar refractivity (Wildman–Crippen MR) is 74.5 cm³/mol. The molecule has 0 radical (unpaired) electrons. The summed E-state index contributed by atoms with van der Waals surface area (Å²) in [5.41, 5.74) is 0.247. The molecule has 0 bridgehead atoms. The van der Waals surface area contributed by atoms with Gasteiger partial charge in [0.05, 0.1) is 10.6 Å². The van der Waals surface area contributed by atoms with Crippen molar-refractivity contribution in [2.75, 3.05) is 5.75 Å². The molecule has 0 saturated heterocycles. The molecule has 1 aromatic carbocycles. The van der Waals surface area contributed by atoms with Gasteiger partial charge in [-0.3, -0.25) is 4.79 Å². The molecule has 108 valence electrons. The molecule has 1 rings (SSSR count). The minimum atomic E-state index is -3.31. The molecule has 0 aliphatic carbocycles. The van der Waals surface area contributed by atoms with Crippen LogP contribution in [0.3, 0.4) is 0 Å². The fraction of sp³-hybridized carbons (Fsp3) is 0.286. The number of hydrogen-bond donors (Lipinski definition) is 1. The van der Waals surface area contributed by atoms with E-state index < -0.39 is 21.6 Å². The summed E-state index contributed by atoms with van der Waals surface area (Å²) >= 11 is 0. The summed E-state index contributed by atoms with van der Waals surface area (Å²) in [7, 11) is -3.31. The number of rotatable bonds is 7. The van der Waals surface area contributed by atoms with Crippen molar-refractivity contribution in [1.29, 1.82) is 0 Å². The fourth-order valence-electron chi connectivity index (χ4n) is 1.52. The monoisotopic (exact) mass is 296 g/mol. The number of carbonyl (C=O) groups excluding carboxylic acids is 1. The average molecular weight is 296 g/mol. The zero-order valence-corrected chi connectivity index (χ0v) is 11.9. The Labute approximate surface area is 117 Å². The second kappa shape index (κ2) is 7.00. The summed E-state index contributed by atoms with van der Waals surface area (Å²) in [5.74, 6) is -1.61. The van der Waals surface area contributed by atoms with Crippen molar-refractivity contribution < 1.29 is 23.1 Å². The molecule has 0 amide bonds. The van der Waals surface area contributed by atoms with E-state index in [9.17, 15) is 18.0 Å². The summed E-state index contributed by atoms with van der Waals surface area (Å²) in [6, 6.07) is 5.50. The van der Waals surface area contributed by atoms with E-state index in [4.69, 9.17) is 5.11 Å². The van der Waals surface area contributed by atoms with E-state index in [-0.39, 0.29) is 16.2 Å². The maximum absolute atomic E-state index is 11.9. The maximum Gasteiger partial charge on any atom is 0.328 e. The third-order valence-corrected chi connectivity index (χ3v) is 4.46. The van der Waals surface area contributed by atoms with Gasteiger partial charge in [-0.15, -0.1) is 0 Å². The van der Waals surface area contributed by atoms with Crippen LogP contribution in [0, 0.1) is 0 Å². The number of carboxylic acid groups (broad SMARTS) is 1. The van der Waals surface area contributed by atoms with Gasteiger partial charge < -0.3 is 5.11 Å². The first-order valence-electron chi connectivity index (χ1n) is 6.15. The van der Waals surface area contributed by atoms with Gasteiger partial charge in [-0.2, -0.15) is 0 Å². The lowest BCUT2D eigenvalue weighted by molar-refractivity contribution is -0.131. The standard InChI is InChI=1S/C14H16O5S/c1-2-3-10-20(18,19)12-6-4-11(5-7-12)13(15)8-9-14(16)17/h4-9H,2-3,10H2,1H3,(H,16,17)/b9-8+. The van der Waals surface area contributed by atoms with E-state index in [1.807, 2.05) is 6.92 Å². The molecule has 0 heterocycles. The SMILES string of the molecule is CCCCS(=O)(=O)c1ccc(C(=O)/C=C/C(=O)O)cc1. The number of sulfone groups is 1. The number of aliphatic carboxylic acids is 1. The third-order valence-electron chi connectivity index (χ3n) is 2.64. The number of allylic oxidation sites excluding steroid dienone is 1. The Kier molecular flexibility index (Phi) is 5.64. The zero-order valence-electron chi connectivity index (χ0n) is 11.1. The summed E-state index contributed by atoms with van der Waals surface area (Å²) < 4.78 is 23.8. The quantitative estimate of drug-likeness (QED) is 0.614. The number of ketones is 1. The summed E-state index contributed by atoms with van der Waals surface area (Å²) in [5, 5.41) is 8.42. The smallest absolute Gasteiger partial charge is 0.328 e. The van der Waals surface area contributed by atoms with Crippen LogP contribution in [0.25, 0.3) is 0 Å². The second-order valence-corrected chi connectivity index (χ2v) is 6.34. The summed E-state index contributed by atoms with van der Waals surface area (Å²) in [6.07, 6.45) is 3.05. The highest BCUT2D eigenvalue weighted by atomic mass is 32.2. The predicted octanol–water partition coefficient (Wildman–Crippen LogP) is 2.08. The van der Waals surface area contributed by atoms with Crippen LogP contribution in [0.2, 0.25) is 0 Å². The molecular weight excluding hydrogens is 280 g/mol. The van der Waals surface area contributed by atoms with Gasteiger partial charge in [-0.05, 0) is 36.8 Å². The van der Waals surface area contributed by atoms with Crippen molar-refractivity contribution in [1.82, 2.24) is 0 Å². The molecule has 0 atom stereocenters. The van der Waals surface area contributed by atoms with Gasteiger partial charge in [0, 0.05) is 11.6 Å². The molecule has 0 aromatic heterocycles. The first-order valence-corrected chi connectivity index (χ1v) is 7.80. The van der Waals surface area contributed by atoms with Gasteiger partial charge >= 0.3 is 5.97 Å². The number of benzene rings is 1. The van der Waals surface area contributed by atoms with E-state index in [1.54, 1.807) is 0 Å². The lowest BCUT2D eigenvalue weighted by atomic mass is 10.1. The van der Waals surface area contributed by atoms with Crippen LogP contribution in [-0.2, 0) is 14.6 Å². The van der Waals surface area contributed by atoms with Crippen LogP contribution in [0.5, 0.6) is 0 Å². The largest absolute Gasteiger partial charge is 0.478 e. The van der Waals surface area contributed by atoms with Crippen molar-refractivity contribution >= 4 is 21.6 Å². The number of carboxylic acids is 1. The molecular formula is C14H16O5S. The van der Waals surface area contributed by atoms with E-state index in [0.29, 0.717) is 6.42 Å². The van der Waals surface area contributed by atoms with Gasteiger partial charge in [-0.1, -0.05) is 13.3 Å². The zero-order chi connectivity index (χ0) is 15.2. The molecule has 1 aromatic rings. The second-order valence-electron chi connectivity index (χ2n) is 4.23. The Morgan fingerprint density at radius 3 is 2.25 bits per heavy atom. The van der Waals surface area contributed by atoms with Crippen molar-refractivity contribution in [3.63, 3.8) is 0 Å². The minimum absolute atomic E-state index is 0.0791. The highest BCUT2D eigenvalue weighted by molar-refractivity contribution is 7.91. The molecule has 0 aliphatic rings. The molecule has 6 heteroatoms. The van der Waals surface area contributed by atoms with Crippen LogP contribution in [0.4, 0.5) is 0 Å². The van der Waals surface area contributed by atoms with Crippen molar-refractivity contribution in [2.45, 2.75) is 24.7 Å². The van der Waals surface area contributed by atoms with Crippen LogP contribution < -0.4 is 0 Å². The Bertz CT molecular complexity index is 611. The molecule has 0 aliphatic heterocycles. The first kappa shape index (κ1) is 16.1. The van der Waals surface area contributed by atoms with Crippen LogP contribution >= 0.6 is 0 Å². The molecule has 0 fully saturated rings. The van der Waals surface area contributed by atoms with Crippen LogP contribution in [0.15, 0.2) is 41.3 Å². The number of hydrogen-bond acceptors (Lipinski definition) is 4. The van der Waals surface area contributed by atoms with Gasteiger partial charge in [0.2, 0.25) is 0 Å². The molecule has 0 saturated carbocycles. The lowest BCUT2D eigenvalue weighted by Crippen LogP contribution is -2.07. The van der Waals surface area contributed by atoms with Gasteiger partial charge in [0.15, 0.2) is 15.6 Å². The Hall–Kier alpha value is -1.95. The fourth-order valence-corrected chi connectivity index (χ4v) is 2.98. The highest BCUT2D eigenvalue weighted by Gasteiger charge is 2.14. The topological polar surface area (TPSA) is 88.5 Å². The van der Waals surface area contributed by atoms with E-state index in [2.05, 4.69) is 0 Å². The van der Waals surface area contributed by atoms with E-state index >= 15 is 0 Å². The van der Waals surface area contributed by atoms with E-state index in [1.165, 1.54) is 24.3 Å². The third kappa shape index (κ3) is 4.62. The normalized spacial score (nSPS) is 11.7. The Balaban J connectivity index is 2.89. The van der Waals surface area contributed by atoms with Crippen LogP contribution in [-0.4, -0.2) is 31.0 Å². The maximum atomic E-state index is 11.9. The molecule has 20 heavy (non-hydrogen) atoms. The van der Waals surface area contributed by atoms with Crippen molar-refractivity contribution in [2.24, 2.45) is 0 Å². The molecule has 0 spiro atoms. The van der Waals surface area contributed by atoms with Gasteiger partial charge in [0.1, 0.15) is 0 Å². The average Bonchev–Trinajstić information content (AvgIpc) is 2.42. The van der Waals surface area contributed by atoms with Gasteiger partial charge in [0.25, 0.3) is 0 Å². The van der Waals surface area contributed by atoms with Crippen molar-refractivity contribution in [3.8, 4) is 0 Å². The number of carbonyl (C=O) groups is 2. The molecule has 0 unspecified atom stereocenters.